The van der Waals surface area contributed by atoms with E-state index in [2.05, 4.69) is 36.4 Å². The van der Waals surface area contributed by atoms with E-state index in [9.17, 15) is 0 Å². The highest BCUT2D eigenvalue weighted by atomic mass is 16.5. The Kier molecular flexibility index (Phi) is 7.00. The molecule has 0 amide bonds. The summed E-state index contributed by atoms with van der Waals surface area (Å²) in [5.41, 5.74) is 6.93. The SMILES string of the molecule is C(=NNc1c[nH]c2ccccc12)c1cc(N2CCOCC2)cc(OCCN2CCOCC2)n1. The fraction of sp³-hybridized carbons (Fsp3) is 0.417. The van der Waals surface area contributed by atoms with E-state index >= 15 is 0 Å². The molecule has 5 rings (SSSR count). The molecule has 33 heavy (non-hydrogen) atoms. The molecule has 0 unspecified atom stereocenters. The van der Waals surface area contributed by atoms with Gasteiger partial charge in [0.2, 0.25) is 5.88 Å². The number of hydrazone groups is 1. The van der Waals surface area contributed by atoms with Crippen molar-refractivity contribution in [3.05, 3.63) is 48.3 Å². The van der Waals surface area contributed by atoms with E-state index in [1.165, 1.54) is 0 Å². The Morgan fingerprint density at radius 2 is 1.85 bits per heavy atom. The summed E-state index contributed by atoms with van der Waals surface area (Å²) in [7, 11) is 0. The lowest BCUT2D eigenvalue weighted by atomic mass is 10.2. The molecule has 2 fully saturated rings. The van der Waals surface area contributed by atoms with Crippen LogP contribution in [0.3, 0.4) is 0 Å². The lowest BCUT2D eigenvalue weighted by molar-refractivity contribution is 0.0320. The average molecular weight is 451 g/mol. The highest BCUT2D eigenvalue weighted by Gasteiger charge is 2.15. The van der Waals surface area contributed by atoms with Crippen LogP contribution < -0.4 is 15.1 Å². The van der Waals surface area contributed by atoms with Crippen LogP contribution >= 0.6 is 0 Å². The fourth-order valence-electron chi connectivity index (χ4n) is 4.09. The molecule has 0 aliphatic carbocycles. The summed E-state index contributed by atoms with van der Waals surface area (Å²) in [5, 5.41) is 5.53. The van der Waals surface area contributed by atoms with Crippen LogP contribution in [-0.4, -0.2) is 86.8 Å². The first kappa shape index (κ1) is 21.7. The molecule has 1 aromatic carbocycles. The van der Waals surface area contributed by atoms with E-state index in [1.807, 2.05) is 36.5 Å². The van der Waals surface area contributed by atoms with Crippen molar-refractivity contribution in [1.82, 2.24) is 14.9 Å². The molecule has 0 saturated carbocycles. The molecule has 2 N–H and O–H groups in total. The van der Waals surface area contributed by atoms with E-state index in [-0.39, 0.29) is 0 Å². The summed E-state index contributed by atoms with van der Waals surface area (Å²) in [6, 6.07) is 12.2. The molecule has 2 aromatic heterocycles. The van der Waals surface area contributed by atoms with Gasteiger partial charge in [-0.3, -0.25) is 10.3 Å². The predicted molar refractivity (Wildman–Crippen MR) is 130 cm³/mol. The van der Waals surface area contributed by atoms with Crippen LogP contribution in [0.15, 0.2) is 47.7 Å². The standard InChI is InChI=1S/C24H30N6O3/c1-2-4-22-21(3-1)23(18-25-22)28-26-17-19-15-20(30-8-12-32-13-9-30)16-24(27-19)33-14-7-29-5-10-31-11-6-29/h1-4,15-18,25,28H,5-14H2. The van der Waals surface area contributed by atoms with Crippen molar-refractivity contribution in [1.29, 1.82) is 0 Å². The number of aromatic amines is 1. The number of rotatable bonds is 8. The molecule has 0 bridgehead atoms. The Labute approximate surface area is 193 Å². The Balaban J connectivity index is 1.29. The van der Waals surface area contributed by atoms with Gasteiger partial charge in [0.25, 0.3) is 0 Å². The second-order valence-electron chi connectivity index (χ2n) is 8.11. The van der Waals surface area contributed by atoms with E-state index in [0.29, 0.717) is 12.5 Å². The van der Waals surface area contributed by atoms with Crippen LogP contribution in [0, 0.1) is 0 Å². The van der Waals surface area contributed by atoms with Crippen LogP contribution in [0.5, 0.6) is 5.88 Å². The second-order valence-corrected chi connectivity index (χ2v) is 8.11. The van der Waals surface area contributed by atoms with Crippen molar-refractivity contribution in [3.8, 4) is 5.88 Å². The molecule has 3 aromatic rings. The van der Waals surface area contributed by atoms with Crippen LogP contribution in [-0.2, 0) is 9.47 Å². The first-order valence-corrected chi connectivity index (χ1v) is 11.5. The molecule has 0 atom stereocenters. The summed E-state index contributed by atoms with van der Waals surface area (Å²) < 4.78 is 17.0. The van der Waals surface area contributed by atoms with Gasteiger partial charge in [0.15, 0.2) is 0 Å². The quantitative estimate of drug-likeness (QED) is 0.403. The molecule has 174 valence electrons. The largest absolute Gasteiger partial charge is 0.476 e. The summed E-state index contributed by atoms with van der Waals surface area (Å²) in [5.74, 6) is 0.612. The number of benzene rings is 1. The lowest BCUT2D eigenvalue weighted by Gasteiger charge is -2.29. The summed E-state index contributed by atoms with van der Waals surface area (Å²) in [6.07, 6.45) is 3.65. The third kappa shape index (κ3) is 5.62. The summed E-state index contributed by atoms with van der Waals surface area (Å²) in [4.78, 5) is 12.6. The maximum Gasteiger partial charge on any atom is 0.215 e. The number of hydrogen-bond acceptors (Lipinski definition) is 8. The van der Waals surface area contributed by atoms with Crippen molar-refractivity contribution in [2.75, 3.05) is 76.1 Å². The number of pyridine rings is 1. The monoisotopic (exact) mass is 450 g/mol. The van der Waals surface area contributed by atoms with Gasteiger partial charge in [-0.1, -0.05) is 18.2 Å². The minimum Gasteiger partial charge on any atom is -0.476 e. The number of hydrogen-bond donors (Lipinski definition) is 2. The minimum absolute atomic E-state index is 0.587. The number of para-hydroxylation sites is 1. The summed E-state index contributed by atoms with van der Waals surface area (Å²) >= 11 is 0. The molecular weight excluding hydrogens is 420 g/mol. The van der Waals surface area contributed by atoms with Crippen molar-refractivity contribution in [3.63, 3.8) is 0 Å². The summed E-state index contributed by atoms with van der Waals surface area (Å²) in [6.45, 7) is 8.06. The number of ether oxygens (including phenoxy) is 3. The van der Waals surface area contributed by atoms with Crippen LogP contribution in [0.4, 0.5) is 11.4 Å². The molecule has 2 saturated heterocycles. The predicted octanol–water partition coefficient (Wildman–Crippen LogP) is 2.56. The van der Waals surface area contributed by atoms with Crippen molar-refractivity contribution >= 4 is 28.5 Å². The van der Waals surface area contributed by atoms with Crippen LogP contribution in [0.1, 0.15) is 5.69 Å². The first-order valence-electron chi connectivity index (χ1n) is 11.5. The third-order valence-electron chi connectivity index (χ3n) is 5.91. The normalized spacial score (nSPS) is 17.6. The van der Waals surface area contributed by atoms with Crippen molar-refractivity contribution < 1.29 is 14.2 Å². The average Bonchev–Trinajstić information content (AvgIpc) is 3.28. The number of H-pyrrole nitrogens is 1. The van der Waals surface area contributed by atoms with Gasteiger partial charge in [-0.15, -0.1) is 0 Å². The molecule has 0 radical (unpaired) electrons. The molecule has 2 aliphatic rings. The fourth-order valence-corrected chi connectivity index (χ4v) is 4.09. The zero-order valence-corrected chi connectivity index (χ0v) is 18.7. The van der Waals surface area contributed by atoms with E-state index in [4.69, 9.17) is 14.2 Å². The zero-order chi connectivity index (χ0) is 22.3. The lowest BCUT2D eigenvalue weighted by Crippen LogP contribution is -2.38. The number of nitrogens with one attached hydrogen (secondary N) is 2. The van der Waals surface area contributed by atoms with Gasteiger partial charge in [0.05, 0.1) is 44.0 Å². The van der Waals surface area contributed by atoms with E-state index in [1.54, 1.807) is 6.21 Å². The van der Waals surface area contributed by atoms with E-state index < -0.39 is 0 Å². The highest BCUT2D eigenvalue weighted by Crippen LogP contribution is 2.24. The Bertz CT molecular complexity index is 1070. The van der Waals surface area contributed by atoms with Gasteiger partial charge in [-0.2, -0.15) is 5.10 Å². The third-order valence-corrected chi connectivity index (χ3v) is 5.91. The molecule has 2 aliphatic heterocycles. The van der Waals surface area contributed by atoms with Gasteiger partial charge >= 0.3 is 0 Å². The number of morpholine rings is 2. The van der Waals surface area contributed by atoms with Gasteiger partial charge in [0, 0.05) is 61.6 Å². The molecule has 4 heterocycles. The topological polar surface area (TPSA) is 87.2 Å². The highest BCUT2D eigenvalue weighted by molar-refractivity contribution is 5.92. The number of aromatic nitrogens is 2. The molecule has 9 nitrogen and oxygen atoms in total. The van der Waals surface area contributed by atoms with Crippen molar-refractivity contribution in [2.45, 2.75) is 0 Å². The van der Waals surface area contributed by atoms with Gasteiger partial charge in [0.1, 0.15) is 6.61 Å². The smallest absolute Gasteiger partial charge is 0.215 e. The zero-order valence-electron chi connectivity index (χ0n) is 18.7. The minimum atomic E-state index is 0.587. The van der Waals surface area contributed by atoms with Gasteiger partial charge in [-0.25, -0.2) is 4.98 Å². The van der Waals surface area contributed by atoms with E-state index in [0.717, 1.165) is 87.1 Å². The Morgan fingerprint density at radius 1 is 1.06 bits per heavy atom. The molecule has 0 spiro atoms. The number of fused-ring (bicyclic) bond motifs is 1. The van der Waals surface area contributed by atoms with Crippen molar-refractivity contribution in [2.24, 2.45) is 5.10 Å². The maximum absolute atomic E-state index is 6.05. The van der Waals surface area contributed by atoms with Gasteiger partial charge < -0.3 is 24.1 Å². The van der Waals surface area contributed by atoms with Gasteiger partial charge in [-0.05, 0) is 12.1 Å². The second kappa shape index (κ2) is 10.7. The molecule has 9 heteroatoms. The first-order chi connectivity index (χ1) is 16.3. The maximum atomic E-state index is 6.05. The number of nitrogens with zero attached hydrogens (tertiary/aromatic N) is 4. The Morgan fingerprint density at radius 3 is 2.70 bits per heavy atom. The van der Waals surface area contributed by atoms with Crippen LogP contribution in [0.25, 0.3) is 10.9 Å². The molecular formula is C24H30N6O3. The van der Waals surface area contributed by atoms with Crippen LogP contribution in [0.2, 0.25) is 0 Å². The number of anilines is 2. The Hall–Kier alpha value is -3.14.